The Kier molecular flexibility index (Phi) is 2.58. The van der Waals surface area contributed by atoms with Crippen LogP contribution in [0.4, 0.5) is 5.69 Å². The van der Waals surface area contributed by atoms with Gasteiger partial charge in [0.1, 0.15) is 0 Å². The third-order valence-corrected chi connectivity index (χ3v) is 5.50. The fraction of sp³-hybridized carbons (Fsp3) is 0.250. The molecule has 2 aliphatic rings. The Hall–Kier alpha value is -2.59. The first-order chi connectivity index (χ1) is 11.6. The van der Waals surface area contributed by atoms with Crippen LogP contribution in [-0.4, -0.2) is 24.5 Å². The summed E-state index contributed by atoms with van der Waals surface area (Å²) in [6.07, 6.45) is 0.930. The second-order valence-corrected chi connectivity index (χ2v) is 6.84. The fourth-order valence-electron chi connectivity index (χ4n) is 4.38. The van der Waals surface area contributed by atoms with Crippen LogP contribution in [0, 0.1) is 6.92 Å². The van der Waals surface area contributed by atoms with E-state index in [2.05, 4.69) is 41.5 Å². The third kappa shape index (κ3) is 1.49. The summed E-state index contributed by atoms with van der Waals surface area (Å²) in [5.74, 6) is 0.0907. The van der Waals surface area contributed by atoms with Gasteiger partial charge in [0.2, 0.25) is 0 Å². The SMILES string of the molecule is Cc1ccc2[nH]c3c(c2c1)CCNC31C(=O)N(C)c2ccccc21. The van der Waals surface area contributed by atoms with Gasteiger partial charge < -0.3 is 9.88 Å². The minimum atomic E-state index is -0.786. The van der Waals surface area contributed by atoms with Crippen LogP contribution in [0.15, 0.2) is 42.5 Å². The number of nitrogens with one attached hydrogen (secondary N) is 2. The van der Waals surface area contributed by atoms with Crippen molar-refractivity contribution in [3.05, 3.63) is 64.8 Å². The monoisotopic (exact) mass is 317 g/mol. The number of carbonyl (C=O) groups excluding carboxylic acids is 1. The Bertz CT molecular complexity index is 1000. The molecule has 2 aromatic carbocycles. The highest BCUT2D eigenvalue weighted by Gasteiger charge is 2.54. The van der Waals surface area contributed by atoms with Crippen molar-refractivity contribution in [3.63, 3.8) is 0 Å². The number of hydrogen-bond acceptors (Lipinski definition) is 2. The third-order valence-electron chi connectivity index (χ3n) is 5.50. The zero-order chi connectivity index (χ0) is 16.5. The van der Waals surface area contributed by atoms with Crippen molar-refractivity contribution in [2.75, 3.05) is 18.5 Å². The van der Waals surface area contributed by atoms with Gasteiger partial charge in [-0.25, -0.2) is 0 Å². The first-order valence-corrected chi connectivity index (χ1v) is 8.37. The van der Waals surface area contributed by atoms with E-state index < -0.39 is 5.54 Å². The molecule has 1 atom stereocenters. The standard InChI is InChI=1S/C20H19N3O/c1-12-7-8-16-14(11-12)13-9-10-21-20(18(13)22-16)15-5-3-4-6-17(15)23(2)19(20)24/h3-8,11,21-22H,9-10H2,1-2H3. The van der Waals surface area contributed by atoms with Gasteiger partial charge in [-0.05, 0) is 37.1 Å². The largest absolute Gasteiger partial charge is 0.356 e. The number of rotatable bonds is 0. The van der Waals surface area contributed by atoms with Crippen molar-refractivity contribution >= 4 is 22.5 Å². The normalized spacial score (nSPS) is 22.2. The number of aromatic amines is 1. The number of benzene rings is 2. The number of aryl methyl sites for hydroxylation is 1. The lowest BCUT2D eigenvalue weighted by atomic mass is 9.82. The van der Waals surface area contributed by atoms with Crippen molar-refractivity contribution in [3.8, 4) is 0 Å². The van der Waals surface area contributed by atoms with Gasteiger partial charge in [-0.2, -0.15) is 0 Å². The van der Waals surface area contributed by atoms with Crippen molar-refractivity contribution in [2.24, 2.45) is 0 Å². The molecule has 24 heavy (non-hydrogen) atoms. The van der Waals surface area contributed by atoms with Crippen LogP contribution < -0.4 is 10.2 Å². The molecular weight excluding hydrogens is 298 g/mol. The van der Waals surface area contributed by atoms with Crippen molar-refractivity contribution in [2.45, 2.75) is 18.9 Å². The average molecular weight is 317 g/mol. The summed E-state index contributed by atoms with van der Waals surface area (Å²) in [4.78, 5) is 18.6. The van der Waals surface area contributed by atoms with E-state index in [1.54, 1.807) is 4.90 Å². The zero-order valence-electron chi connectivity index (χ0n) is 13.8. The molecule has 0 radical (unpaired) electrons. The number of likely N-dealkylation sites (N-methyl/N-ethyl adjacent to an activating group) is 1. The molecule has 120 valence electrons. The molecule has 0 fully saturated rings. The average Bonchev–Trinajstić information content (AvgIpc) is 3.07. The number of carbonyl (C=O) groups is 1. The van der Waals surface area contributed by atoms with E-state index in [1.165, 1.54) is 16.5 Å². The number of fused-ring (bicyclic) bond motifs is 6. The topological polar surface area (TPSA) is 48.1 Å². The predicted octanol–water partition coefficient (Wildman–Crippen LogP) is 2.84. The highest BCUT2D eigenvalue weighted by atomic mass is 16.2. The van der Waals surface area contributed by atoms with Gasteiger partial charge in [0.25, 0.3) is 5.91 Å². The molecule has 0 saturated carbocycles. The van der Waals surface area contributed by atoms with Crippen LogP contribution in [0.5, 0.6) is 0 Å². The van der Waals surface area contributed by atoms with E-state index in [-0.39, 0.29) is 5.91 Å². The quantitative estimate of drug-likeness (QED) is 0.670. The van der Waals surface area contributed by atoms with Gasteiger partial charge >= 0.3 is 0 Å². The highest BCUT2D eigenvalue weighted by Crippen LogP contribution is 2.47. The van der Waals surface area contributed by atoms with E-state index in [1.807, 2.05) is 25.2 Å². The van der Waals surface area contributed by atoms with Gasteiger partial charge in [-0.3, -0.25) is 10.1 Å². The Balaban J connectivity index is 1.87. The zero-order valence-corrected chi connectivity index (χ0v) is 13.8. The van der Waals surface area contributed by atoms with Crippen LogP contribution in [-0.2, 0) is 16.8 Å². The predicted molar refractivity (Wildman–Crippen MR) is 95.4 cm³/mol. The number of nitrogens with zero attached hydrogens (tertiary/aromatic N) is 1. The van der Waals surface area contributed by atoms with Crippen molar-refractivity contribution in [1.82, 2.24) is 10.3 Å². The molecule has 4 nitrogen and oxygen atoms in total. The molecule has 0 saturated heterocycles. The molecule has 1 amide bonds. The van der Waals surface area contributed by atoms with Gasteiger partial charge in [0.15, 0.2) is 5.54 Å². The first-order valence-electron chi connectivity index (χ1n) is 8.37. The molecule has 1 spiro atoms. The minimum Gasteiger partial charge on any atom is -0.356 e. The maximum atomic E-state index is 13.3. The van der Waals surface area contributed by atoms with E-state index in [0.29, 0.717) is 0 Å². The fourth-order valence-corrected chi connectivity index (χ4v) is 4.38. The second-order valence-electron chi connectivity index (χ2n) is 6.84. The molecule has 4 heteroatoms. The molecule has 1 unspecified atom stereocenters. The van der Waals surface area contributed by atoms with Gasteiger partial charge in [0, 0.05) is 35.7 Å². The molecule has 3 heterocycles. The van der Waals surface area contributed by atoms with Crippen LogP contribution in [0.1, 0.15) is 22.4 Å². The number of anilines is 1. The Morgan fingerprint density at radius 1 is 1.17 bits per heavy atom. The number of H-pyrrole nitrogens is 1. The number of hydrogen-bond donors (Lipinski definition) is 2. The lowest BCUT2D eigenvalue weighted by Gasteiger charge is -2.33. The molecule has 0 aliphatic carbocycles. The maximum Gasteiger partial charge on any atom is 0.257 e. The van der Waals surface area contributed by atoms with Gasteiger partial charge in [-0.15, -0.1) is 0 Å². The van der Waals surface area contributed by atoms with E-state index >= 15 is 0 Å². The van der Waals surface area contributed by atoms with Gasteiger partial charge in [0.05, 0.1) is 5.69 Å². The molecule has 5 rings (SSSR count). The molecule has 0 bridgehead atoms. The molecular formula is C20H19N3O. The van der Waals surface area contributed by atoms with E-state index in [9.17, 15) is 4.79 Å². The molecule has 2 aliphatic heterocycles. The Morgan fingerprint density at radius 3 is 2.88 bits per heavy atom. The summed E-state index contributed by atoms with van der Waals surface area (Å²) in [5.41, 5.74) is 5.87. The first kappa shape index (κ1) is 13.8. The summed E-state index contributed by atoms with van der Waals surface area (Å²) in [6.45, 7) is 2.90. The lowest BCUT2D eigenvalue weighted by molar-refractivity contribution is -0.122. The molecule has 2 N–H and O–H groups in total. The van der Waals surface area contributed by atoms with Crippen molar-refractivity contribution < 1.29 is 4.79 Å². The lowest BCUT2D eigenvalue weighted by Crippen LogP contribution is -2.54. The summed E-state index contributed by atoms with van der Waals surface area (Å²) in [5, 5.41) is 4.78. The van der Waals surface area contributed by atoms with E-state index in [0.717, 1.165) is 35.4 Å². The number of para-hydroxylation sites is 1. The molecule has 3 aromatic rings. The minimum absolute atomic E-state index is 0.0907. The molecule has 1 aromatic heterocycles. The highest BCUT2D eigenvalue weighted by molar-refractivity contribution is 6.10. The Labute approximate surface area is 140 Å². The summed E-state index contributed by atoms with van der Waals surface area (Å²) >= 11 is 0. The van der Waals surface area contributed by atoms with Crippen LogP contribution in [0.3, 0.4) is 0 Å². The van der Waals surface area contributed by atoms with Crippen LogP contribution >= 0.6 is 0 Å². The maximum absolute atomic E-state index is 13.3. The Morgan fingerprint density at radius 2 is 2.00 bits per heavy atom. The van der Waals surface area contributed by atoms with Gasteiger partial charge in [-0.1, -0.05) is 29.8 Å². The second kappa shape index (κ2) is 4.48. The van der Waals surface area contributed by atoms with E-state index in [4.69, 9.17) is 0 Å². The number of amides is 1. The number of aromatic nitrogens is 1. The van der Waals surface area contributed by atoms with Crippen molar-refractivity contribution in [1.29, 1.82) is 0 Å². The van der Waals surface area contributed by atoms with Crippen LogP contribution in [0.2, 0.25) is 0 Å². The van der Waals surface area contributed by atoms with Crippen LogP contribution in [0.25, 0.3) is 10.9 Å². The summed E-state index contributed by atoms with van der Waals surface area (Å²) in [7, 11) is 1.86. The summed E-state index contributed by atoms with van der Waals surface area (Å²) in [6, 6.07) is 14.5. The summed E-state index contributed by atoms with van der Waals surface area (Å²) < 4.78 is 0. The smallest absolute Gasteiger partial charge is 0.257 e.